The fourth-order valence-corrected chi connectivity index (χ4v) is 3.08. The largest absolute Gasteiger partial charge is 0.468 e. The summed E-state index contributed by atoms with van der Waals surface area (Å²) in [7, 11) is 40.2. The van der Waals surface area contributed by atoms with Gasteiger partial charge in [-0.05, 0) is 36.8 Å². The van der Waals surface area contributed by atoms with Crippen LogP contribution in [0.2, 0.25) is 5.11 Å². The molecule has 1 aliphatic rings. The lowest BCUT2D eigenvalue weighted by Gasteiger charge is -2.70. The van der Waals surface area contributed by atoms with Gasteiger partial charge in [-0.15, -0.1) is 0 Å². The first-order valence-electron chi connectivity index (χ1n) is 8.81. The molecule has 2 N–H and O–H groups in total. The van der Waals surface area contributed by atoms with Crippen LogP contribution in [0.1, 0.15) is 20.8 Å². The number of carbonyl (C=O) groups is 2. The second kappa shape index (κ2) is 8.19. The van der Waals surface area contributed by atoms with Crippen molar-refractivity contribution in [3.63, 3.8) is 0 Å². The molecule has 0 spiro atoms. The first-order valence-corrected chi connectivity index (χ1v) is 8.81. The van der Waals surface area contributed by atoms with Crippen LogP contribution in [0.25, 0.3) is 0 Å². The smallest absolute Gasteiger partial charge is 0.434 e. The van der Waals surface area contributed by atoms with Crippen molar-refractivity contribution < 1.29 is 45.4 Å². The van der Waals surface area contributed by atoms with Gasteiger partial charge in [-0.25, -0.2) is 4.79 Å². The van der Waals surface area contributed by atoms with E-state index < -0.39 is 68.8 Å². The van der Waals surface area contributed by atoms with Crippen molar-refractivity contribution in [2.24, 2.45) is 5.73 Å². The molecule has 1 unspecified atom stereocenters. The van der Waals surface area contributed by atoms with Gasteiger partial charge in [0.1, 0.15) is 5.60 Å². The standard InChI is InChI=1S/C13H12B8F6N2O4/c1-7(2,3)33-5(30)21-10(14,15)11(16,17)29(12(18,19)13(21,20)28)6(31)32-4(8(22,23)24)9(25,26)27/h4H,28H2,1-3H3. The van der Waals surface area contributed by atoms with Crippen molar-refractivity contribution in [2.75, 3.05) is 0 Å². The van der Waals surface area contributed by atoms with Gasteiger partial charge in [-0.1, -0.05) is 5.11 Å². The van der Waals surface area contributed by atoms with Crippen LogP contribution in [0.15, 0.2) is 0 Å². The Morgan fingerprint density at radius 2 is 1.27 bits per heavy atom. The Labute approximate surface area is 196 Å². The molecule has 1 rings (SSSR count). The third-order valence-corrected chi connectivity index (χ3v) is 4.72. The summed E-state index contributed by atoms with van der Waals surface area (Å²) >= 11 is 0. The molecular weight excluding hydrogens is 449 g/mol. The number of rotatable bonds is 2. The molecule has 0 saturated carbocycles. The molecule has 1 amide bonds. The predicted molar refractivity (Wildman–Crippen MR) is 112 cm³/mol. The quantitative estimate of drug-likeness (QED) is 0.435. The Bertz CT molecular complexity index is 757. The first-order chi connectivity index (χ1) is 14.1. The molecule has 0 aromatic carbocycles. The van der Waals surface area contributed by atoms with Crippen molar-refractivity contribution in [3.05, 3.63) is 0 Å². The van der Waals surface area contributed by atoms with Crippen LogP contribution >= 0.6 is 0 Å². The van der Waals surface area contributed by atoms with Crippen LogP contribution in [0.5, 0.6) is 0 Å². The minimum atomic E-state index is -6.13. The highest BCUT2D eigenvalue weighted by molar-refractivity contribution is 7.07. The SMILES string of the molecule is [B]C1([B])B(C(=O)OC(C)(C)C)C([B])(N)C([B])([B])N(C(=O)OC(C(F)(F)F)C(F)(F)F)C1([B])[B]. The maximum atomic E-state index is 12.9. The van der Waals surface area contributed by atoms with Gasteiger partial charge >= 0.3 is 18.4 Å². The summed E-state index contributed by atoms with van der Waals surface area (Å²) in [6.07, 6.45) is -19.5. The third-order valence-electron chi connectivity index (χ3n) is 4.72. The summed E-state index contributed by atoms with van der Waals surface area (Å²) in [5.74, 6) is -1.39. The van der Waals surface area contributed by atoms with E-state index in [2.05, 4.69) is 4.74 Å². The Balaban J connectivity index is 3.64. The maximum Gasteiger partial charge on any atom is 0.434 e. The zero-order chi connectivity index (χ0) is 26.8. The Morgan fingerprint density at radius 3 is 1.61 bits per heavy atom. The summed E-state index contributed by atoms with van der Waals surface area (Å²) in [6.45, 7) is 1.93. The minimum absolute atomic E-state index is 0.495. The lowest BCUT2D eigenvalue weighted by Crippen LogP contribution is -2.91. The van der Waals surface area contributed by atoms with Gasteiger partial charge in [0.15, 0.2) is 0 Å². The molecule has 0 aliphatic carbocycles. The monoisotopic (exact) mass is 462 g/mol. The van der Waals surface area contributed by atoms with E-state index in [-0.39, 0.29) is 0 Å². The van der Waals surface area contributed by atoms with E-state index in [1.807, 2.05) is 0 Å². The normalized spacial score (nSPS) is 24.9. The zero-order valence-corrected chi connectivity index (χ0v) is 17.6. The summed E-state index contributed by atoms with van der Waals surface area (Å²) in [6, 6.07) is 0. The third kappa shape index (κ3) is 5.24. The second-order valence-electron chi connectivity index (χ2n) is 8.67. The molecule has 1 atom stereocenters. The second-order valence-corrected chi connectivity index (χ2v) is 8.67. The zero-order valence-electron chi connectivity index (χ0n) is 17.6. The number of carbonyl (C=O) groups excluding carboxylic acids is 2. The highest BCUT2D eigenvalue weighted by Gasteiger charge is 2.69. The van der Waals surface area contributed by atoms with Gasteiger partial charge in [0.05, 0.1) is 54.9 Å². The summed E-state index contributed by atoms with van der Waals surface area (Å²) in [4.78, 5) is 24.7. The molecule has 20 heteroatoms. The predicted octanol–water partition coefficient (Wildman–Crippen LogP) is -0.720. The fraction of sp³-hybridized carbons (Fsp3) is 0.846. The van der Waals surface area contributed by atoms with Gasteiger partial charge in [0.2, 0.25) is 0 Å². The number of alkyl halides is 6. The van der Waals surface area contributed by atoms with Gasteiger partial charge < -0.3 is 20.1 Å². The van der Waals surface area contributed by atoms with Crippen LogP contribution in [0.3, 0.4) is 0 Å². The van der Waals surface area contributed by atoms with E-state index in [0.29, 0.717) is 0 Å². The highest BCUT2D eigenvalue weighted by Crippen LogP contribution is 2.49. The Morgan fingerprint density at radius 1 is 0.879 bits per heavy atom. The van der Waals surface area contributed by atoms with Gasteiger partial charge in [-0.3, -0.25) is 4.79 Å². The van der Waals surface area contributed by atoms with Crippen LogP contribution in [-0.4, -0.2) is 119 Å². The van der Waals surface area contributed by atoms with Crippen molar-refractivity contribution in [2.45, 2.75) is 66.0 Å². The molecular formula is C13H12B8F6N2O4. The van der Waals surface area contributed by atoms with E-state index in [9.17, 15) is 35.9 Å². The number of amides is 1. The molecule has 0 aromatic rings. The average molecular weight is 461 g/mol. The maximum absolute atomic E-state index is 12.9. The van der Waals surface area contributed by atoms with Crippen molar-refractivity contribution in [1.29, 1.82) is 0 Å². The van der Waals surface area contributed by atoms with Gasteiger partial charge in [0, 0.05) is 0 Å². The number of ether oxygens (including phenoxy) is 2. The molecule has 14 radical (unpaired) electrons. The molecule has 33 heavy (non-hydrogen) atoms. The van der Waals surface area contributed by atoms with Crippen LogP contribution in [-0.2, 0) is 9.47 Å². The van der Waals surface area contributed by atoms with Gasteiger partial charge in [-0.2, -0.15) is 26.3 Å². The number of hydrogen-bond acceptors (Lipinski definition) is 5. The van der Waals surface area contributed by atoms with Crippen LogP contribution < -0.4 is 5.73 Å². The lowest BCUT2D eigenvalue weighted by atomic mass is 9.00. The number of nitrogens with two attached hydrogens (primary N) is 1. The van der Waals surface area contributed by atoms with Crippen LogP contribution in [0.4, 0.5) is 35.9 Å². The first kappa shape index (κ1) is 29.8. The van der Waals surface area contributed by atoms with Gasteiger partial charge in [0.25, 0.3) is 18.7 Å². The van der Waals surface area contributed by atoms with Crippen molar-refractivity contribution in [1.82, 2.24) is 4.90 Å². The molecule has 1 heterocycles. The van der Waals surface area contributed by atoms with E-state index >= 15 is 0 Å². The average Bonchev–Trinajstić information content (AvgIpc) is 2.46. The minimum Gasteiger partial charge on any atom is -0.468 e. The van der Waals surface area contributed by atoms with Crippen molar-refractivity contribution in [3.8, 4) is 0 Å². The lowest BCUT2D eigenvalue weighted by molar-refractivity contribution is -0.309. The molecule has 1 aliphatic heterocycles. The Kier molecular flexibility index (Phi) is 7.40. The highest BCUT2D eigenvalue weighted by atomic mass is 19.4. The van der Waals surface area contributed by atoms with E-state index in [4.69, 9.17) is 65.4 Å². The van der Waals surface area contributed by atoms with Crippen molar-refractivity contribution >= 4 is 73.6 Å². The number of hydrogen-bond donors (Lipinski definition) is 1. The summed E-state index contributed by atoms with van der Waals surface area (Å²) in [5.41, 5.74) is 4.59. The topological polar surface area (TPSA) is 81.9 Å². The molecule has 1 fully saturated rings. The number of halogens is 6. The molecule has 0 aromatic heterocycles. The molecule has 0 bridgehead atoms. The Hall–Kier alpha value is -1.20. The van der Waals surface area contributed by atoms with E-state index in [1.165, 1.54) is 20.8 Å². The fourth-order valence-electron chi connectivity index (χ4n) is 3.08. The summed E-state index contributed by atoms with van der Waals surface area (Å²) < 4.78 is 85.7. The van der Waals surface area contributed by atoms with E-state index in [1.54, 1.807) is 0 Å². The molecule has 1 saturated heterocycles. The molecule has 6 nitrogen and oxygen atoms in total. The summed E-state index contributed by atoms with van der Waals surface area (Å²) in [5, 5.41) is -12.5. The molecule has 164 valence electrons. The van der Waals surface area contributed by atoms with E-state index in [0.717, 1.165) is 0 Å². The van der Waals surface area contributed by atoms with Crippen LogP contribution in [0, 0.1) is 0 Å². The number of nitrogens with zero attached hydrogens (tertiary/aromatic N) is 1.